The van der Waals surface area contributed by atoms with Crippen molar-refractivity contribution in [3.8, 4) is 17.2 Å². The molecule has 2 aromatic carbocycles. The first-order valence-corrected chi connectivity index (χ1v) is 9.32. The van der Waals surface area contributed by atoms with Gasteiger partial charge in [-0.3, -0.25) is 9.69 Å². The highest BCUT2D eigenvalue weighted by atomic mass is 16.6. The first-order valence-electron chi connectivity index (χ1n) is 9.32. The van der Waals surface area contributed by atoms with Crippen LogP contribution in [-0.4, -0.2) is 41.7 Å². The molecule has 1 aliphatic heterocycles. The number of aromatic hydroxyl groups is 1. The van der Waals surface area contributed by atoms with Gasteiger partial charge in [0, 0.05) is 0 Å². The molecule has 1 atom stereocenters. The highest BCUT2D eigenvalue weighted by Crippen LogP contribution is 2.43. The number of ether oxygens (including phenoxy) is 3. The van der Waals surface area contributed by atoms with Crippen LogP contribution in [-0.2, 0) is 14.3 Å². The zero-order chi connectivity index (χ0) is 22.2. The van der Waals surface area contributed by atoms with Crippen LogP contribution in [0.4, 0.5) is 5.69 Å². The molecule has 8 nitrogen and oxygen atoms in total. The highest BCUT2D eigenvalue weighted by Gasteiger charge is 2.38. The van der Waals surface area contributed by atoms with E-state index in [1.807, 2.05) is 0 Å². The standard InChI is InChI=1S/C22H23NO7/c1-12(20(26)30-22(2,3)4)23-14-11-13(21(27)28-5)9-10-16(14)29-17-8-6-7-15(24)18(17)19(23)25/h6-12,24H,1-5H3. The monoisotopic (exact) mass is 413 g/mol. The smallest absolute Gasteiger partial charge is 0.337 e. The first-order chi connectivity index (χ1) is 14.0. The minimum atomic E-state index is -1.07. The van der Waals surface area contributed by atoms with Gasteiger partial charge in [0.05, 0.1) is 18.4 Å². The molecule has 158 valence electrons. The number of nitrogens with zero attached hydrogens (tertiary/aromatic N) is 1. The van der Waals surface area contributed by atoms with Gasteiger partial charge in [-0.15, -0.1) is 0 Å². The van der Waals surface area contributed by atoms with Crippen molar-refractivity contribution in [1.82, 2.24) is 0 Å². The molecular weight excluding hydrogens is 390 g/mol. The lowest BCUT2D eigenvalue weighted by Crippen LogP contribution is -2.46. The molecule has 30 heavy (non-hydrogen) atoms. The summed E-state index contributed by atoms with van der Waals surface area (Å²) < 4.78 is 16.1. The van der Waals surface area contributed by atoms with Gasteiger partial charge in [-0.1, -0.05) is 6.07 Å². The third kappa shape index (κ3) is 3.94. The second-order valence-corrected chi connectivity index (χ2v) is 7.81. The third-order valence-electron chi connectivity index (χ3n) is 4.43. The van der Waals surface area contributed by atoms with E-state index in [1.165, 1.54) is 50.4 Å². The molecule has 0 saturated carbocycles. The number of carbonyl (C=O) groups is 3. The molecule has 2 aromatic rings. The summed E-state index contributed by atoms with van der Waals surface area (Å²) in [7, 11) is 1.24. The molecule has 0 bridgehead atoms. The van der Waals surface area contributed by atoms with Crippen LogP contribution in [0.2, 0.25) is 0 Å². The van der Waals surface area contributed by atoms with Crippen molar-refractivity contribution in [3.05, 3.63) is 47.5 Å². The number of esters is 2. The molecule has 1 amide bonds. The lowest BCUT2D eigenvalue weighted by molar-refractivity contribution is -0.155. The van der Waals surface area contributed by atoms with E-state index in [-0.39, 0.29) is 34.1 Å². The fraction of sp³-hybridized carbons (Fsp3) is 0.318. The minimum absolute atomic E-state index is 0.0938. The van der Waals surface area contributed by atoms with E-state index in [1.54, 1.807) is 20.8 Å². The van der Waals surface area contributed by atoms with Gasteiger partial charge in [-0.25, -0.2) is 9.59 Å². The summed E-state index contributed by atoms with van der Waals surface area (Å²) in [6, 6.07) is 7.75. The van der Waals surface area contributed by atoms with E-state index in [0.29, 0.717) is 0 Å². The van der Waals surface area contributed by atoms with Crippen LogP contribution in [0.3, 0.4) is 0 Å². The largest absolute Gasteiger partial charge is 0.507 e. The molecule has 3 rings (SSSR count). The van der Waals surface area contributed by atoms with E-state index < -0.39 is 29.5 Å². The number of benzene rings is 2. The lowest BCUT2D eigenvalue weighted by Gasteiger charge is -2.30. The van der Waals surface area contributed by atoms with Crippen LogP contribution in [0, 0.1) is 0 Å². The van der Waals surface area contributed by atoms with E-state index >= 15 is 0 Å². The van der Waals surface area contributed by atoms with Crippen LogP contribution in [0.25, 0.3) is 0 Å². The molecule has 1 heterocycles. The second-order valence-electron chi connectivity index (χ2n) is 7.81. The van der Waals surface area contributed by atoms with Crippen LogP contribution >= 0.6 is 0 Å². The number of phenolic OH excluding ortho intramolecular Hbond substituents is 1. The molecule has 1 aliphatic rings. The molecule has 0 radical (unpaired) electrons. The van der Waals surface area contributed by atoms with E-state index in [9.17, 15) is 19.5 Å². The van der Waals surface area contributed by atoms with Gasteiger partial charge < -0.3 is 19.3 Å². The van der Waals surface area contributed by atoms with Gasteiger partial charge in [0.25, 0.3) is 5.91 Å². The number of fused-ring (bicyclic) bond motifs is 2. The minimum Gasteiger partial charge on any atom is -0.507 e. The molecular formula is C22H23NO7. The van der Waals surface area contributed by atoms with Gasteiger partial charge in [0.1, 0.15) is 28.7 Å². The molecule has 0 saturated heterocycles. The Hall–Kier alpha value is -3.55. The molecule has 0 spiro atoms. The van der Waals surface area contributed by atoms with Crippen LogP contribution in [0.5, 0.6) is 17.2 Å². The Labute approximate surface area is 174 Å². The predicted octanol–water partition coefficient (Wildman–Crippen LogP) is 3.66. The Balaban J connectivity index is 2.19. The van der Waals surface area contributed by atoms with Crippen molar-refractivity contribution in [1.29, 1.82) is 0 Å². The summed E-state index contributed by atoms with van der Waals surface area (Å²) in [6.45, 7) is 6.66. The van der Waals surface area contributed by atoms with Gasteiger partial charge in [0.2, 0.25) is 0 Å². The maximum atomic E-state index is 13.4. The van der Waals surface area contributed by atoms with Gasteiger partial charge in [0.15, 0.2) is 5.75 Å². The van der Waals surface area contributed by atoms with Crippen molar-refractivity contribution in [2.24, 2.45) is 0 Å². The van der Waals surface area contributed by atoms with Crippen LogP contribution in [0.15, 0.2) is 36.4 Å². The van der Waals surface area contributed by atoms with Crippen molar-refractivity contribution >= 4 is 23.5 Å². The summed E-state index contributed by atoms with van der Waals surface area (Å²) in [5.41, 5.74) is -0.516. The first kappa shape index (κ1) is 21.2. The average Bonchev–Trinajstić information content (AvgIpc) is 2.79. The zero-order valence-electron chi connectivity index (χ0n) is 17.4. The molecule has 0 fully saturated rings. The Morgan fingerprint density at radius 1 is 1.13 bits per heavy atom. The summed E-state index contributed by atoms with van der Waals surface area (Å²) in [5.74, 6) is -1.85. The Bertz CT molecular complexity index is 1020. The van der Waals surface area contributed by atoms with E-state index in [2.05, 4.69) is 0 Å². The normalized spacial score (nSPS) is 14.0. The number of anilines is 1. The van der Waals surface area contributed by atoms with Crippen molar-refractivity contribution in [2.75, 3.05) is 12.0 Å². The molecule has 0 aromatic heterocycles. The molecule has 8 heteroatoms. The second kappa shape index (κ2) is 7.70. The lowest BCUT2D eigenvalue weighted by atomic mass is 10.1. The SMILES string of the molecule is COC(=O)c1ccc2c(c1)N(C(C)C(=O)OC(C)(C)C)C(=O)c1c(O)cccc1O2. The third-order valence-corrected chi connectivity index (χ3v) is 4.43. The number of amides is 1. The topological polar surface area (TPSA) is 102 Å². The van der Waals surface area contributed by atoms with Crippen molar-refractivity contribution in [3.63, 3.8) is 0 Å². The number of hydrogen-bond acceptors (Lipinski definition) is 7. The summed E-state index contributed by atoms with van der Waals surface area (Å²) in [6.07, 6.45) is 0. The Morgan fingerprint density at radius 2 is 1.83 bits per heavy atom. The summed E-state index contributed by atoms with van der Waals surface area (Å²) in [4.78, 5) is 39.4. The summed E-state index contributed by atoms with van der Waals surface area (Å²) in [5, 5.41) is 10.3. The molecule has 1 N–H and O–H groups in total. The number of carbonyl (C=O) groups excluding carboxylic acids is 3. The number of methoxy groups -OCH3 is 1. The number of phenols is 1. The van der Waals surface area contributed by atoms with E-state index in [4.69, 9.17) is 14.2 Å². The maximum Gasteiger partial charge on any atom is 0.337 e. The maximum absolute atomic E-state index is 13.4. The fourth-order valence-electron chi connectivity index (χ4n) is 3.08. The number of hydrogen-bond donors (Lipinski definition) is 1. The zero-order valence-corrected chi connectivity index (χ0v) is 17.4. The highest BCUT2D eigenvalue weighted by molar-refractivity contribution is 6.14. The van der Waals surface area contributed by atoms with Gasteiger partial charge in [-0.05, 0) is 58.0 Å². The van der Waals surface area contributed by atoms with Gasteiger partial charge in [-0.2, -0.15) is 0 Å². The van der Waals surface area contributed by atoms with Crippen LogP contribution < -0.4 is 9.64 Å². The molecule has 0 aliphatic carbocycles. The van der Waals surface area contributed by atoms with Gasteiger partial charge >= 0.3 is 11.9 Å². The Kier molecular flexibility index (Phi) is 5.43. The quantitative estimate of drug-likeness (QED) is 0.766. The van der Waals surface area contributed by atoms with Crippen LogP contribution in [0.1, 0.15) is 48.4 Å². The van der Waals surface area contributed by atoms with Crippen molar-refractivity contribution < 1.29 is 33.7 Å². The Morgan fingerprint density at radius 3 is 2.47 bits per heavy atom. The predicted molar refractivity (Wildman–Crippen MR) is 108 cm³/mol. The van der Waals surface area contributed by atoms with Crippen molar-refractivity contribution in [2.45, 2.75) is 39.3 Å². The summed E-state index contributed by atoms with van der Waals surface area (Å²) >= 11 is 0. The average molecular weight is 413 g/mol. The number of rotatable bonds is 3. The fourth-order valence-corrected chi connectivity index (χ4v) is 3.08. The van der Waals surface area contributed by atoms with E-state index in [0.717, 1.165) is 4.90 Å². The molecule has 1 unspecified atom stereocenters.